The maximum atomic E-state index is 12.8. The van der Waals surface area contributed by atoms with Crippen LogP contribution >= 0.6 is 0 Å². The summed E-state index contributed by atoms with van der Waals surface area (Å²) < 4.78 is 5.47. The second-order valence-electron chi connectivity index (χ2n) is 7.96. The molecule has 138 valence electrons. The number of pyridine rings is 1. The van der Waals surface area contributed by atoms with E-state index in [9.17, 15) is 9.59 Å². The van der Waals surface area contributed by atoms with Crippen molar-refractivity contribution >= 4 is 22.8 Å². The van der Waals surface area contributed by atoms with Crippen molar-refractivity contribution in [3.63, 3.8) is 0 Å². The third-order valence-electron chi connectivity index (χ3n) is 4.60. The van der Waals surface area contributed by atoms with Crippen molar-refractivity contribution in [2.45, 2.75) is 46.1 Å². The van der Waals surface area contributed by atoms with E-state index in [-0.39, 0.29) is 17.8 Å². The van der Waals surface area contributed by atoms with Gasteiger partial charge in [0.2, 0.25) is 0 Å². The van der Waals surface area contributed by atoms with E-state index < -0.39 is 5.60 Å². The standard InChI is InChI=1S/C21H26N2O3/c1-14-5-6-16-13-17(7-8-18(16)22-14)19(24)23-11-9-15(10-12-23)20(25)26-21(2,3)4/h5-8,13,15H,9-12H2,1-4H3. The fourth-order valence-corrected chi connectivity index (χ4v) is 3.25. The zero-order chi connectivity index (χ0) is 18.9. The SMILES string of the molecule is Cc1ccc2cc(C(=O)N3CCC(C(=O)OC(C)(C)C)CC3)ccc2n1. The van der Waals surface area contributed by atoms with Gasteiger partial charge < -0.3 is 9.64 Å². The summed E-state index contributed by atoms with van der Waals surface area (Å²) in [6, 6.07) is 9.55. The zero-order valence-electron chi connectivity index (χ0n) is 15.9. The van der Waals surface area contributed by atoms with Gasteiger partial charge in [0.1, 0.15) is 5.60 Å². The lowest BCUT2D eigenvalue weighted by Gasteiger charge is -2.32. The van der Waals surface area contributed by atoms with Gasteiger partial charge in [-0.05, 0) is 64.8 Å². The fourth-order valence-electron chi connectivity index (χ4n) is 3.25. The van der Waals surface area contributed by atoms with Crippen LogP contribution in [0.4, 0.5) is 0 Å². The minimum absolute atomic E-state index is 0.00936. The summed E-state index contributed by atoms with van der Waals surface area (Å²) in [5.41, 5.74) is 2.05. The van der Waals surface area contributed by atoms with Crippen LogP contribution in [0.15, 0.2) is 30.3 Å². The Morgan fingerprint density at radius 2 is 1.81 bits per heavy atom. The molecule has 1 saturated heterocycles. The number of ether oxygens (including phenoxy) is 1. The van der Waals surface area contributed by atoms with Gasteiger partial charge in [-0.1, -0.05) is 6.07 Å². The van der Waals surface area contributed by atoms with Gasteiger partial charge in [0, 0.05) is 29.7 Å². The van der Waals surface area contributed by atoms with E-state index >= 15 is 0 Å². The molecule has 1 fully saturated rings. The van der Waals surface area contributed by atoms with Gasteiger partial charge in [-0.25, -0.2) is 0 Å². The van der Waals surface area contributed by atoms with Crippen LogP contribution in [-0.4, -0.2) is 40.5 Å². The number of esters is 1. The van der Waals surface area contributed by atoms with Crippen LogP contribution in [0.5, 0.6) is 0 Å². The molecule has 0 aliphatic carbocycles. The Labute approximate surface area is 154 Å². The second-order valence-corrected chi connectivity index (χ2v) is 7.96. The highest BCUT2D eigenvalue weighted by Crippen LogP contribution is 2.23. The van der Waals surface area contributed by atoms with Crippen LogP contribution in [0.1, 0.15) is 49.7 Å². The number of piperidine rings is 1. The molecule has 1 aromatic carbocycles. The van der Waals surface area contributed by atoms with Gasteiger partial charge in [-0.3, -0.25) is 14.6 Å². The van der Waals surface area contributed by atoms with E-state index in [0.29, 0.717) is 31.5 Å². The Kier molecular flexibility index (Phi) is 4.99. The number of aromatic nitrogens is 1. The van der Waals surface area contributed by atoms with E-state index in [1.165, 1.54) is 0 Å². The molecule has 5 heteroatoms. The lowest BCUT2D eigenvalue weighted by molar-refractivity contribution is -0.161. The van der Waals surface area contributed by atoms with Gasteiger partial charge in [0.05, 0.1) is 11.4 Å². The van der Waals surface area contributed by atoms with Gasteiger partial charge in [-0.15, -0.1) is 0 Å². The number of carbonyl (C=O) groups is 2. The summed E-state index contributed by atoms with van der Waals surface area (Å²) >= 11 is 0. The molecule has 2 heterocycles. The summed E-state index contributed by atoms with van der Waals surface area (Å²) in [5.74, 6) is -0.270. The highest BCUT2D eigenvalue weighted by molar-refractivity contribution is 5.98. The number of amides is 1. The average Bonchev–Trinajstić information content (AvgIpc) is 2.59. The third kappa shape index (κ3) is 4.21. The summed E-state index contributed by atoms with van der Waals surface area (Å²) in [5, 5.41) is 0.963. The van der Waals surface area contributed by atoms with Gasteiger partial charge in [0.25, 0.3) is 5.91 Å². The molecule has 0 atom stereocenters. The van der Waals surface area contributed by atoms with Crippen LogP contribution in [0.3, 0.4) is 0 Å². The normalized spacial score (nSPS) is 15.9. The van der Waals surface area contributed by atoms with E-state index in [2.05, 4.69) is 4.98 Å². The van der Waals surface area contributed by atoms with Crippen LogP contribution < -0.4 is 0 Å². The summed E-state index contributed by atoms with van der Waals surface area (Å²) in [7, 11) is 0. The number of hydrogen-bond donors (Lipinski definition) is 0. The molecule has 1 aliphatic heterocycles. The average molecular weight is 354 g/mol. The number of likely N-dealkylation sites (tertiary alicyclic amines) is 1. The topological polar surface area (TPSA) is 59.5 Å². The predicted octanol–water partition coefficient (Wildman–Crippen LogP) is 3.74. The molecule has 1 amide bonds. The first-order valence-corrected chi connectivity index (χ1v) is 9.12. The Bertz CT molecular complexity index is 831. The van der Waals surface area contributed by atoms with Gasteiger partial charge >= 0.3 is 5.97 Å². The lowest BCUT2D eigenvalue weighted by Crippen LogP contribution is -2.41. The minimum atomic E-state index is -0.471. The van der Waals surface area contributed by atoms with Gasteiger partial charge in [0.15, 0.2) is 0 Å². The first-order chi connectivity index (χ1) is 12.2. The third-order valence-corrected chi connectivity index (χ3v) is 4.60. The Balaban J connectivity index is 1.65. The number of hydrogen-bond acceptors (Lipinski definition) is 4. The number of benzene rings is 1. The first kappa shape index (κ1) is 18.4. The Hall–Kier alpha value is -2.43. The molecule has 5 nitrogen and oxygen atoms in total. The van der Waals surface area contributed by atoms with Crippen LogP contribution in [-0.2, 0) is 9.53 Å². The fraction of sp³-hybridized carbons (Fsp3) is 0.476. The monoisotopic (exact) mass is 354 g/mol. The number of nitrogens with zero attached hydrogens (tertiary/aromatic N) is 2. The molecule has 0 bridgehead atoms. The summed E-state index contributed by atoms with van der Waals surface area (Å²) in [4.78, 5) is 31.3. The number of carbonyl (C=O) groups excluding carboxylic acids is 2. The minimum Gasteiger partial charge on any atom is -0.460 e. The largest absolute Gasteiger partial charge is 0.460 e. The number of fused-ring (bicyclic) bond motifs is 1. The number of rotatable bonds is 2. The maximum Gasteiger partial charge on any atom is 0.309 e. The highest BCUT2D eigenvalue weighted by Gasteiger charge is 2.30. The van der Waals surface area contributed by atoms with E-state index in [1.54, 1.807) is 0 Å². The highest BCUT2D eigenvalue weighted by atomic mass is 16.6. The van der Waals surface area contributed by atoms with Crippen LogP contribution in [0.2, 0.25) is 0 Å². The Morgan fingerprint density at radius 1 is 1.12 bits per heavy atom. The molecule has 1 aliphatic rings. The molecule has 0 saturated carbocycles. The quantitative estimate of drug-likeness (QED) is 0.771. The molecule has 3 rings (SSSR count). The van der Waals surface area contributed by atoms with Crippen LogP contribution in [0.25, 0.3) is 10.9 Å². The maximum absolute atomic E-state index is 12.8. The first-order valence-electron chi connectivity index (χ1n) is 9.12. The zero-order valence-corrected chi connectivity index (χ0v) is 15.9. The summed E-state index contributed by atoms with van der Waals surface area (Å²) in [6.07, 6.45) is 1.30. The summed E-state index contributed by atoms with van der Waals surface area (Å²) in [6.45, 7) is 8.73. The molecule has 0 N–H and O–H groups in total. The van der Waals surface area contributed by atoms with Crippen molar-refractivity contribution in [3.05, 3.63) is 41.6 Å². The molecule has 26 heavy (non-hydrogen) atoms. The van der Waals surface area contributed by atoms with Crippen LogP contribution in [0, 0.1) is 12.8 Å². The van der Waals surface area contributed by atoms with Gasteiger partial charge in [-0.2, -0.15) is 0 Å². The molecular weight excluding hydrogens is 328 g/mol. The second kappa shape index (κ2) is 7.06. The van der Waals surface area contributed by atoms with Crippen molar-refractivity contribution in [3.8, 4) is 0 Å². The molecular formula is C21H26N2O3. The van der Waals surface area contributed by atoms with Crippen molar-refractivity contribution in [1.82, 2.24) is 9.88 Å². The Morgan fingerprint density at radius 3 is 2.46 bits per heavy atom. The molecule has 0 spiro atoms. The van der Waals surface area contributed by atoms with Crippen molar-refractivity contribution in [2.24, 2.45) is 5.92 Å². The van der Waals surface area contributed by atoms with Crippen molar-refractivity contribution in [2.75, 3.05) is 13.1 Å². The number of aryl methyl sites for hydroxylation is 1. The molecule has 0 unspecified atom stereocenters. The van der Waals surface area contributed by atoms with E-state index in [4.69, 9.17) is 4.74 Å². The van der Waals surface area contributed by atoms with E-state index in [0.717, 1.165) is 16.6 Å². The molecule has 0 radical (unpaired) electrons. The lowest BCUT2D eigenvalue weighted by atomic mass is 9.96. The molecule has 1 aromatic heterocycles. The molecule has 2 aromatic rings. The van der Waals surface area contributed by atoms with Crippen molar-refractivity contribution < 1.29 is 14.3 Å². The smallest absolute Gasteiger partial charge is 0.309 e. The predicted molar refractivity (Wildman–Crippen MR) is 101 cm³/mol. The van der Waals surface area contributed by atoms with E-state index in [1.807, 2.05) is 62.9 Å². The van der Waals surface area contributed by atoms with Crippen molar-refractivity contribution in [1.29, 1.82) is 0 Å².